The third-order valence-electron chi connectivity index (χ3n) is 5.44. The lowest BCUT2D eigenvalue weighted by Gasteiger charge is -2.29. The Morgan fingerprint density at radius 3 is 2.45 bits per heavy atom. The number of ether oxygens (including phenoxy) is 1. The molecule has 162 valence electrons. The van der Waals surface area contributed by atoms with E-state index < -0.39 is 0 Å². The first kappa shape index (κ1) is 23.2. The third kappa shape index (κ3) is 8.03. The number of carboxylic acid groups (broad SMARTS) is 1. The van der Waals surface area contributed by atoms with Crippen molar-refractivity contribution >= 4 is 12.5 Å². The third-order valence-corrected chi connectivity index (χ3v) is 5.44. The number of rotatable bonds is 8. The van der Waals surface area contributed by atoms with Crippen LogP contribution in [0.2, 0.25) is 0 Å². The average molecular weight is 406 g/mol. The predicted molar refractivity (Wildman–Crippen MR) is 113 cm³/mol. The summed E-state index contributed by atoms with van der Waals surface area (Å²) in [4.78, 5) is 25.4. The molecule has 1 aliphatic carbocycles. The fourth-order valence-electron chi connectivity index (χ4n) is 3.53. The van der Waals surface area contributed by atoms with E-state index in [0.29, 0.717) is 6.54 Å². The highest BCUT2D eigenvalue weighted by Crippen LogP contribution is 2.39. The average Bonchev–Trinajstić information content (AvgIpc) is 3.21. The highest BCUT2D eigenvalue weighted by atomic mass is 16.5. The molecule has 1 aromatic rings. The number of carbonyl (C=O) groups is 2. The number of urea groups is 1. The van der Waals surface area contributed by atoms with E-state index in [1.54, 1.807) is 0 Å². The molecule has 2 amide bonds. The molecule has 1 aromatic carbocycles. The van der Waals surface area contributed by atoms with Gasteiger partial charge in [0.15, 0.2) is 0 Å². The molecule has 0 aromatic heterocycles. The molecule has 0 spiro atoms. The lowest BCUT2D eigenvalue weighted by molar-refractivity contribution is -0.122. The number of carbonyl (C=O) groups excluding carboxylic acids is 1. The van der Waals surface area contributed by atoms with Gasteiger partial charge in [0.05, 0.1) is 6.10 Å². The maximum Gasteiger partial charge on any atom is 0.317 e. The molecular weight excluding hydrogens is 370 g/mol. The van der Waals surface area contributed by atoms with Crippen molar-refractivity contribution in [3.05, 3.63) is 35.4 Å². The van der Waals surface area contributed by atoms with E-state index in [2.05, 4.69) is 41.4 Å². The van der Waals surface area contributed by atoms with Gasteiger partial charge in [-0.2, -0.15) is 0 Å². The Labute approximate surface area is 174 Å². The Morgan fingerprint density at radius 1 is 1.28 bits per heavy atom. The number of likely N-dealkylation sites (N-methyl/N-ethyl adjacent to an activating group) is 1. The van der Waals surface area contributed by atoms with Crippen LogP contribution in [0.5, 0.6) is 0 Å². The SMILES string of the molecule is Cc1ccc(CC2(NC(=O)N(CCN(C)C)CC3CCCO3)CC2)cc1.O=CO. The van der Waals surface area contributed by atoms with E-state index in [9.17, 15) is 4.79 Å². The minimum absolute atomic E-state index is 0.0563. The summed E-state index contributed by atoms with van der Waals surface area (Å²) in [6, 6.07) is 8.71. The fourth-order valence-corrected chi connectivity index (χ4v) is 3.53. The summed E-state index contributed by atoms with van der Waals surface area (Å²) >= 11 is 0. The molecule has 0 bridgehead atoms. The standard InChI is InChI=1S/C21H33N3O2.CH2O2/c1-17-6-8-18(9-7-17)15-21(10-11-21)22-20(25)24(13-12-23(2)3)16-19-5-4-14-26-19;2-1-3/h6-9,19H,4-5,10-16H2,1-3H3,(H,22,25);1H,(H,2,3). The van der Waals surface area contributed by atoms with Crippen LogP contribution in [0.25, 0.3) is 0 Å². The van der Waals surface area contributed by atoms with Gasteiger partial charge in [-0.25, -0.2) is 4.79 Å². The monoisotopic (exact) mass is 405 g/mol. The summed E-state index contributed by atoms with van der Waals surface area (Å²) < 4.78 is 5.76. The van der Waals surface area contributed by atoms with E-state index in [-0.39, 0.29) is 24.1 Å². The van der Waals surface area contributed by atoms with E-state index in [1.807, 2.05) is 19.0 Å². The molecule has 1 saturated heterocycles. The first-order chi connectivity index (χ1) is 13.9. The summed E-state index contributed by atoms with van der Waals surface area (Å²) in [6.07, 6.45) is 5.39. The highest BCUT2D eigenvalue weighted by Gasteiger charge is 2.44. The molecule has 3 rings (SSSR count). The number of aryl methyl sites for hydroxylation is 1. The van der Waals surface area contributed by atoms with Gasteiger partial charge in [-0.3, -0.25) is 4.79 Å². The molecular formula is C22H35N3O4. The summed E-state index contributed by atoms with van der Waals surface area (Å²) in [7, 11) is 4.09. The van der Waals surface area contributed by atoms with Crippen molar-refractivity contribution in [2.75, 3.05) is 40.3 Å². The topological polar surface area (TPSA) is 82.1 Å². The van der Waals surface area contributed by atoms with Crippen LogP contribution in [0.3, 0.4) is 0 Å². The molecule has 0 radical (unpaired) electrons. The second kappa shape index (κ2) is 11.2. The lowest BCUT2D eigenvalue weighted by atomic mass is 10.0. The van der Waals surface area contributed by atoms with Gasteiger partial charge in [0.2, 0.25) is 0 Å². The van der Waals surface area contributed by atoms with Crippen molar-refractivity contribution in [2.45, 2.75) is 50.7 Å². The van der Waals surface area contributed by atoms with Crippen LogP contribution in [-0.2, 0) is 16.0 Å². The van der Waals surface area contributed by atoms with Gasteiger partial charge in [-0.1, -0.05) is 29.8 Å². The van der Waals surface area contributed by atoms with Crippen LogP contribution in [0, 0.1) is 6.92 Å². The second-order valence-electron chi connectivity index (χ2n) is 8.36. The van der Waals surface area contributed by atoms with Crippen LogP contribution in [0.15, 0.2) is 24.3 Å². The summed E-state index contributed by atoms with van der Waals surface area (Å²) in [6.45, 7) is 4.97. The minimum atomic E-state index is -0.250. The summed E-state index contributed by atoms with van der Waals surface area (Å²) in [5.74, 6) is 0. The van der Waals surface area contributed by atoms with Gasteiger partial charge in [-0.15, -0.1) is 0 Å². The summed E-state index contributed by atoms with van der Waals surface area (Å²) in [5.41, 5.74) is 2.51. The van der Waals surface area contributed by atoms with Crippen molar-refractivity contribution in [2.24, 2.45) is 0 Å². The van der Waals surface area contributed by atoms with Crippen molar-refractivity contribution in [1.82, 2.24) is 15.1 Å². The predicted octanol–water partition coefficient (Wildman–Crippen LogP) is 2.52. The second-order valence-corrected chi connectivity index (χ2v) is 8.36. The number of hydrogen-bond donors (Lipinski definition) is 2. The Bertz CT molecular complexity index is 638. The first-order valence-corrected chi connectivity index (χ1v) is 10.3. The normalized spacial score (nSPS) is 19.2. The van der Waals surface area contributed by atoms with Gasteiger partial charge < -0.3 is 25.0 Å². The zero-order valence-corrected chi connectivity index (χ0v) is 17.9. The number of nitrogens with one attached hydrogen (secondary N) is 1. The molecule has 29 heavy (non-hydrogen) atoms. The summed E-state index contributed by atoms with van der Waals surface area (Å²) in [5, 5.41) is 10.2. The van der Waals surface area contributed by atoms with Crippen molar-refractivity contribution in [3.63, 3.8) is 0 Å². The first-order valence-electron chi connectivity index (χ1n) is 10.3. The Hall–Kier alpha value is -2.12. The molecule has 7 nitrogen and oxygen atoms in total. The quantitative estimate of drug-likeness (QED) is 0.650. The Morgan fingerprint density at radius 2 is 1.93 bits per heavy atom. The van der Waals surface area contributed by atoms with Crippen molar-refractivity contribution in [3.8, 4) is 0 Å². The van der Waals surface area contributed by atoms with Gasteiger partial charge in [0.25, 0.3) is 6.47 Å². The number of hydrogen-bond acceptors (Lipinski definition) is 4. The molecule has 2 fully saturated rings. The molecule has 2 aliphatic rings. The van der Waals surface area contributed by atoms with Crippen LogP contribution >= 0.6 is 0 Å². The van der Waals surface area contributed by atoms with Gasteiger partial charge >= 0.3 is 6.03 Å². The van der Waals surface area contributed by atoms with Gasteiger partial charge in [-0.05, 0) is 58.7 Å². The largest absolute Gasteiger partial charge is 0.483 e. The van der Waals surface area contributed by atoms with Gasteiger partial charge in [0, 0.05) is 31.8 Å². The number of amides is 2. The smallest absolute Gasteiger partial charge is 0.317 e. The number of nitrogens with zero attached hydrogens (tertiary/aromatic N) is 2. The maximum atomic E-state index is 13.0. The van der Waals surface area contributed by atoms with Crippen molar-refractivity contribution in [1.29, 1.82) is 0 Å². The number of benzene rings is 1. The van der Waals surface area contributed by atoms with Crippen LogP contribution in [0.1, 0.15) is 36.8 Å². The highest BCUT2D eigenvalue weighted by molar-refractivity contribution is 5.75. The van der Waals surface area contributed by atoms with Crippen LogP contribution in [0.4, 0.5) is 4.79 Å². The van der Waals surface area contributed by atoms with Gasteiger partial charge in [0.1, 0.15) is 0 Å². The van der Waals surface area contributed by atoms with E-state index in [0.717, 1.165) is 51.8 Å². The Balaban J connectivity index is 0.000000941. The van der Waals surface area contributed by atoms with E-state index in [1.165, 1.54) is 11.1 Å². The van der Waals surface area contributed by atoms with E-state index in [4.69, 9.17) is 14.6 Å². The molecule has 1 unspecified atom stereocenters. The van der Waals surface area contributed by atoms with Crippen molar-refractivity contribution < 1.29 is 19.4 Å². The molecule has 1 atom stereocenters. The zero-order chi connectivity index (χ0) is 21.3. The van der Waals surface area contributed by atoms with E-state index >= 15 is 0 Å². The fraction of sp³-hybridized carbons (Fsp3) is 0.636. The molecule has 1 saturated carbocycles. The molecule has 1 heterocycles. The zero-order valence-electron chi connectivity index (χ0n) is 17.9. The molecule has 1 aliphatic heterocycles. The maximum absolute atomic E-state index is 13.0. The van der Waals surface area contributed by atoms with Crippen LogP contribution < -0.4 is 5.32 Å². The Kier molecular flexibility index (Phi) is 8.92. The lowest BCUT2D eigenvalue weighted by Crippen LogP contribution is -2.50. The minimum Gasteiger partial charge on any atom is -0.483 e. The van der Waals surface area contributed by atoms with Crippen LogP contribution in [-0.4, -0.2) is 79.4 Å². The molecule has 7 heteroatoms. The molecule has 2 N–H and O–H groups in total.